The highest BCUT2D eigenvalue weighted by molar-refractivity contribution is 5.91. The predicted molar refractivity (Wildman–Crippen MR) is 102 cm³/mol. The van der Waals surface area contributed by atoms with Gasteiger partial charge in [-0.15, -0.1) is 0 Å². The molecule has 0 aliphatic carbocycles. The van der Waals surface area contributed by atoms with Crippen molar-refractivity contribution in [1.82, 2.24) is 9.97 Å². The van der Waals surface area contributed by atoms with Gasteiger partial charge < -0.3 is 30.0 Å². The zero-order chi connectivity index (χ0) is 18.8. The van der Waals surface area contributed by atoms with Crippen LogP contribution in [0.3, 0.4) is 0 Å². The van der Waals surface area contributed by atoms with E-state index in [4.69, 9.17) is 24.7 Å². The first-order valence-electron chi connectivity index (χ1n) is 8.49. The van der Waals surface area contributed by atoms with Crippen molar-refractivity contribution in [1.29, 1.82) is 0 Å². The highest BCUT2D eigenvalue weighted by Crippen LogP contribution is 2.34. The van der Waals surface area contributed by atoms with Gasteiger partial charge in [0.15, 0.2) is 23.0 Å². The van der Waals surface area contributed by atoms with Crippen LogP contribution in [0.1, 0.15) is 0 Å². The van der Waals surface area contributed by atoms with E-state index in [9.17, 15) is 0 Å². The Kier molecular flexibility index (Phi) is 4.45. The molecule has 0 radical (unpaired) electrons. The van der Waals surface area contributed by atoms with Crippen molar-refractivity contribution in [3.8, 4) is 23.0 Å². The van der Waals surface area contributed by atoms with Crippen LogP contribution in [0.5, 0.6) is 23.0 Å². The lowest BCUT2D eigenvalue weighted by Crippen LogP contribution is -2.35. The van der Waals surface area contributed by atoms with E-state index in [2.05, 4.69) is 15.3 Å². The van der Waals surface area contributed by atoms with Crippen LogP contribution in [0.2, 0.25) is 0 Å². The minimum atomic E-state index is -0.161. The zero-order valence-corrected chi connectivity index (χ0v) is 15.1. The molecule has 0 amide bonds. The SMILES string of the molecule is COc1cc2nc(NCC3COc4ccccc4O3)nc(N)c2cc1OC. The predicted octanol–water partition coefficient (Wildman–Crippen LogP) is 2.48. The molecule has 1 aromatic heterocycles. The number of fused-ring (bicyclic) bond motifs is 2. The third kappa shape index (κ3) is 3.33. The van der Waals surface area contributed by atoms with Gasteiger partial charge in [-0.05, 0) is 18.2 Å². The lowest BCUT2D eigenvalue weighted by atomic mass is 10.2. The van der Waals surface area contributed by atoms with Gasteiger partial charge in [0.2, 0.25) is 5.95 Å². The van der Waals surface area contributed by atoms with Crippen molar-refractivity contribution in [2.45, 2.75) is 6.10 Å². The number of anilines is 2. The molecule has 0 spiro atoms. The Balaban J connectivity index is 1.52. The Morgan fingerprint density at radius 2 is 1.85 bits per heavy atom. The van der Waals surface area contributed by atoms with Gasteiger partial charge in [0.05, 0.1) is 26.3 Å². The Labute approximate surface area is 156 Å². The second-order valence-electron chi connectivity index (χ2n) is 6.04. The number of methoxy groups -OCH3 is 2. The summed E-state index contributed by atoms with van der Waals surface area (Å²) in [4.78, 5) is 8.84. The van der Waals surface area contributed by atoms with Crippen LogP contribution >= 0.6 is 0 Å². The molecule has 1 atom stereocenters. The second kappa shape index (κ2) is 7.06. The molecular weight excluding hydrogens is 348 g/mol. The van der Waals surface area contributed by atoms with Crippen molar-refractivity contribution in [2.24, 2.45) is 0 Å². The molecule has 3 aromatic rings. The summed E-state index contributed by atoms with van der Waals surface area (Å²) in [5.41, 5.74) is 6.76. The van der Waals surface area contributed by atoms with Crippen molar-refractivity contribution >= 4 is 22.7 Å². The molecule has 3 N–H and O–H groups in total. The second-order valence-corrected chi connectivity index (χ2v) is 6.04. The Bertz CT molecular complexity index is 979. The van der Waals surface area contributed by atoms with E-state index in [0.717, 1.165) is 11.5 Å². The van der Waals surface area contributed by atoms with E-state index < -0.39 is 0 Å². The normalized spacial score (nSPS) is 15.4. The molecular formula is C19H20N4O4. The molecule has 0 bridgehead atoms. The number of aromatic nitrogens is 2. The molecule has 0 saturated heterocycles. The third-order valence-electron chi connectivity index (χ3n) is 4.29. The number of ether oxygens (including phenoxy) is 4. The molecule has 1 aliphatic heterocycles. The number of para-hydroxylation sites is 2. The summed E-state index contributed by atoms with van der Waals surface area (Å²) in [5, 5.41) is 3.86. The van der Waals surface area contributed by atoms with Gasteiger partial charge in [-0.1, -0.05) is 12.1 Å². The third-order valence-corrected chi connectivity index (χ3v) is 4.29. The van der Waals surface area contributed by atoms with Gasteiger partial charge in [0.25, 0.3) is 0 Å². The van der Waals surface area contributed by atoms with Crippen molar-refractivity contribution < 1.29 is 18.9 Å². The average molecular weight is 368 g/mol. The summed E-state index contributed by atoms with van der Waals surface area (Å²) >= 11 is 0. The number of hydrogen-bond donors (Lipinski definition) is 2. The van der Waals surface area contributed by atoms with Gasteiger partial charge in [0.1, 0.15) is 18.5 Å². The zero-order valence-electron chi connectivity index (χ0n) is 15.1. The standard InChI is InChI=1S/C19H20N4O4/c1-24-16-7-12-13(8-17(16)25-2)22-19(23-18(12)20)21-9-11-10-26-14-5-3-4-6-15(14)27-11/h3-8,11H,9-10H2,1-2H3,(H3,20,21,22,23). The number of rotatable bonds is 5. The molecule has 0 saturated carbocycles. The smallest absolute Gasteiger partial charge is 0.225 e. The summed E-state index contributed by atoms with van der Waals surface area (Å²) < 4.78 is 22.3. The maximum Gasteiger partial charge on any atom is 0.225 e. The van der Waals surface area contributed by atoms with Crippen LogP contribution < -0.4 is 30.0 Å². The summed E-state index contributed by atoms with van der Waals surface area (Å²) in [5.74, 6) is 3.40. The molecule has 27 heavy (non-hydrogen) atoms. The molecule has 0 fully saturated rings. The van der Waals surface area contributed by atoms with Crippen LogP contribution in [0.15, 0.2) is 36.4 Å². The minimum Gasteiger partial charge on any atom is -0.493 e. The fourth-order valence-electron chi connectivity index (χ4n) is 2.93. The lowest BCUT2D eigenvalue weighted by Gasteiger charge is -2.26. The first kappa shape index (κ1) is 17.0. The van der Waals surface area contributed by atoms with Crippen LogP contribution in [0, 0.1) is 0 Å². The van der Waals surface area contributed by atoms with Gasteiger partial charge in [-0.3, -0.25) is 0 Å². The quantitative estimate of drug-likeness (QED) is 0.708. The van der Waals surface area contributed by atoms with Gasteiger partial charge in [0, 0.05) is 11.5 Å². The molecule has 8 nitrogen and oxygen atoms in total. The Hall–Kier alpha value is -3.42. The van der Waals surface area contributed by atoms with Crippen molar-refractivity contribution in [2.75, 3.05) is 38.4 Å². The summed E-state index contributed by atoms with van der Waals surface area (Å²) in [7, 11) is 3.15. The minimum absolute atomic E-state index is 0.161. The molecule has 2 heterocycles. The molecule has 8 heteroatoms. The van der Waals surface area contributed by atoms with Gasteiger partial charge >= 0.3 is 0 Å². The topological polar surface area (TPSA) is 101 Å². The van der Waals surface area contributed by atoms with E-state index in [0.29, 0.717) is 47.3 Å². The lowest BCUT2D eigenvalue weighted by molar-refractivity contribution is 0.0996. The summed E-state index contributed by atoms with van der Waals surface area (Å²) in [6.45, 7) is 0.921. The number of nitrogens with two attached hydrogens (primary N) is 1. The summed E-state index contributed by atoms with van der Waals surface area (Å²) in [6, 6.07) is 11.1. The van der Waals surface area contributed by atoms with Gasteiger partial charge in [-0.2, -0.15) is 4.98 Å². The maximum atomic E-state index is 6.10. The molecule has 140 valence electrons. The Morgan fingerprint density at radius 3 is 2.63 bits per heavy atom. The van der Waals surface area contributed by atoms with E-state index in [1.165, 1.54) is 0 Å². The molecule has 2 aromatic carbocycles. The largest absolute Gasteiger partial charge is 0.493 e. The van der Waals surface area contributed by atoms with Gasteiger partial charge in [-0.25, -0.2) is 4.98 Å². The summed E-state index contributed by atoms with van der Waals surface area (Å²) in [6.07, 6.45) is -0.161. The number of hydrogen-bond acceptors (Lipinski definition) is 8. The molecule has 1 unspecified atom stereocenters. The van der Waals surface area contributed by atoms with Crippen molar-refractivity contribution in [3.05, 3.63) is 36.4 Å². The Morgan fingerprint density at radius 1 is 1.11 bits per heavy atom. The van der Waals surface area contributed by atoms with Crippen LogP contribution in [0.25, 0.3) is 10.9 Å². The van der Waals surface area contributed by atoms with E-state index in [1.807, 2.05) is 24.3 Å². The number of nitrogens with zero attached hydrogens (tertiary/aromatic N) is 2. The first-order valence-corrected chi connectivity index (χ1v) is 8.49. The van der Waals surface area contributed by atoms with E-state index in [-0.39, 0.29) is 6.10 Å². The number of benzene rings is 2. The van der Waals surface area contributed by atoms with Crippen LogP contribution in [-0.2, 0) is 0 Å². The van der Waals surface area contributed by atoms with Crippen LogP contribution in [-0.4, -0.2) is 43.4 Å². The van der Waals surface area contributed by atoms with E-state index in [1.54, 1.807) is 26.4 Å². The fraction of sp³-hybridized carbons (Fsp3) is 0.263. The maximum absolute atomic E-state index is 6.10. The average Bonchev–Trinajstić information content (AvgIpc) is 2.71. The highest BCUT2D eigenvalue weighted by atomic mass is 16.6. The highest BCUT2D eigenvalue weighted by Gasteiger charge is 2.21. The fourth-order valence-corrected chi connectivity index (χ4v) is 2.93. The molecule has 1 aliphatic rings. The molecule has 4 rings (SSSR count). The van der Waals surface area contributed by atoms with Crippen molar-refractivity contribution in [3.63, 3.8) is 0 Å². The number of nitrogen functional groups attached to an aromatic ring is 1. The van der Waals surface area contributed by atoms with Crippen LogP contribution in [0.4, 0.5) is 11.8 Å². The number of nitrogens with one attached hydrogen (secondary N) is 1. The van der Waals surface area contributed by atoms with E-state index >= 15 is 0 Å². The first-order chi connectivity index (χ1) is 13.2. The monoisotopic (exact) mass is 368 g/mol.